The van der Waals surface area contributed by atoms with Crippen LogP contribution in [0, 0.1) is 6.92 Å². The predicted octanol–water partition coefficient (Wildman–Crippen LogP) is 3.64. The zero-order chi connectivity index (χ0) is 16.0. The van der Waals surface area contributed by atoms with Gasteiger partial charge < -0.3 is 10.1 Å². The average molecular weight is 304 g/mol. The number of rotatable bonds is 2. The van der Waals surface area contributed by atoms with Crippen molar-refractivity contribution in [1.82, 2.24) is 19.7 Å². The highest BCUT2D eigenvalue weighted by molar-refractivity contribution is 5.97. The highest BCUT2D eigenvalue weighted by Gasteiger charge is 2.14. The molecule has 3 aromatic heterocycles. The number of hydrogen-bond acceptors (Lipinski definition) is 3. The summed E-state index contributed by atoms with van der Waals surface area (Å²) in [6.45, 7) is 2.04. The number of aromatic hydroxyl groups is 1. The first kappa shape index (κ1) is 13.6. The second-order valence-corrected chi connectivity index (χ2v) is 5.70. The SMILES string of the molecule is Cc1[nH]c2ncc(-c3cccc(O)c3)cc2c1-c1cnn(C)c1. The summed E-state index contributed by atoms with van der Waals surface area (Å²) in [5.74, 6) is 0.250. The van der Waals surface area contributed by atoms with Crippen molar-refractivity contribution in [2.75, 3.05) is 0 Å². The van der Waals surface area contributed by atoms with Crippen LogP contribution in [-0.4, -0.2) is 24.9 Å². The topological polar surface area (TPSA) is 66.7 Å². The second-order valence-electron chi connectivity index (χ2n) is 5.70. The molecular formula is C18H16N4O. The molecule has 5 nitrogen and oxygen atoms in total. The normalized spacial score (nSPS) is 11.2. The minimum atomic E-state index is 0.250. The van der Waals surface area contributed by atoms with E-state index in [9.17, 15) is 5.11 Å². The van der Waals surface area contributed by atoms with Crippen LogP contribution in [0.15, 0.2) is 48.9 Å². The van der Waals surface area contributed by atoms with E-state index in [1.165, 1.54) is 0 Å². The Morgan fingerprint density at radius 2 is 1.96 bits per heavy atom. The van der Waals surface area contributed by atoms with Crippen molar-refractivity contribution in [2.45, 2.75) is 6.92 Å². The maximum absolute atomic E-state index is 9.69. The summed E-state index contributed by atoms with van der Waals surface area (Å²) in [4.78, 5) is 7.86. The van der Waals surface area contributed by atoms with Gasteiger partial charge >= 0.3 is 0 Å². The fourth-order valence-corrected chi connectivity index (χ4v) is 2.96. The Labute approximate surface area is 133 Å². The van der Waals surface area contributed by atoms with Gasteiger partial charge in [0.1, 0.15) is 11.4 Å². The van der Waals surface area contributed by atoms with E-state index >= 15 is 0 Å². The minimum absolute atomic E-state index is 0.250. The molecule has 0 saturated carbocycles. The molecule has 0 unspecified atom stereocenters. The Morgan fingerprint density at radius 1 is 1.09 bits per heavy atom. The number of aromatic amines is 1. The zero-order valence-corrected chi connectivity index (χ0v) is 12.9. The molecule has 0 atom stereocenters. The highest BCUT2D eigenvalue weighted by Crippen LogP contribution is 2.33. The number of phenolic OH excluding ortho intramolecular Hbond substituents is 1. The van der Waals surface area contributed by atoms with Crippen molar-refractivity contribution in [3.05, 3.63) is 54.6 Å². The first-order chi connectivity index (χ1) is 11.1. The van der Waals surface area contributed by atoms with E-state index in [0.717, 1.165) is 39.0 Å². The molecule has 0 aliphatic carbocycles. The fraction of sp³-hybridized carbons (Fsp3) is 0.111. The van der Waals surface area contributed by atoms with Crippen molar-refractivity contribution in [3.8, 4) is 28.0 Å². The Hall–Kier alpha value is -3.08. The van der Waals surface area contributed by atoms with Gasteiger partial charge in [0.2, 0.25) is 0 Å². The van der Waals surface area contributed by atoms with Crippen molar-refractivity contribution < 1.29 is 5.11 Å². The first-order valence-corrected chi connectivity index (χ1v) is 7.38. The Morgan fingerprint density at radius 3 is 2.70 bits per heavy atom. The highest BCUT2D eigenvalue weighted by atomic mass is 16.3. The molecule has 0 saturated heterocycles. The van der Waals surface area contributed by atoms with E-state index in [1.807, 2.05) is 44.7 Å². The molecule has 3 heterocycles. The zero-order valence-electron chi connectivity index (χ0n) is 12.9. The number of H-pyrrole nitrogens is 1. The van der Waals surface area contributed by atoms with Gasteiger partial charge in [0.15, 0.2) is 0 Å². The summed E-state index contributed by atoms with van der Waals surface area (Å²) in [6.07, 6.45) is 5.67. The molecule has 0 fully saturated rings. The Kier molecular flexibility index (Phi) is 2.94. The molecule has 4 aromatic rings. The smallest absolute Gasteiger partial charge is 0.138 e. The molecule has 4 rings (SSSR count). The number of hydrogen-bond donors (Lipinski definition) is 2. The summed E-state index contributed by atoms with van der Waals surface area (Å²) in [5.41, 5.74) is 6.00. The van der Waals surface area contributed by atoms with Crippen LogP contribution in [-0.2, 0) is 7.05 Å². The van der Waals surface area contributed by atoms with Crippen LogP contribution >= 0.6 is 0 Å². The van der Waals surface area contributed by atoms with Gasteiger partial charge in [-0.3, -0.25) is 4.68 Å². The third-order valence-corrected chi connectivity index (χ3v) is 4.01. The molecule has 0 bridgehead atoms. The molecule has 0 aliphatic rings. The Bertz CT molecular complexity index is 1010. The number of phenols is 1. The van der Waals surface area contributed by atoms with Gasteiger partial charge in [0.05, 0.1) is 6.20 Å². The van der Waals surface area contributed by atoms with Crippen LogP contribution in [0.2, 0.25) is 0 Å². The van der Waals surface area contributed by atoms with E-state index in [4.69, 9.17) is 0 Å². The van der Waals surface area contributed by atoms with E-state index in [1.54, 1.807) is 16.8 Å². The van der Waals surface area contributed by atoms with Crippen molar-refractivity contribution in [3.63, 3.8) is 0 Å². The Balaban J connectivity index is 1.94. The molecule has 0 amide bonds. The molecular weight excluding hydrogens is 288 g/mol. The lowest BCUT2D eigenvalue weighted by Gasteiger charge is -2.03. The van der Waals surface area contributed by atoms with Gasteiger partial charge in [-0.1, -0.05) is 12.1 Å². The van der Waals surface area contributed by atoms with Gasteiger partial charge in [-0.2, -0.15) is 5.10 Å². The number of nitrogens with one attached hydrogen (secondary N) is 1. The number of aromatic nitrogens is 4. The predicted molar refractivity (Wildman–Crippen MR) is 90.1 cm³/mol. The first-order valence-electron chi connectivity index (χ1n) is 7.38. The summed E-state index contributed by atoms with van der Waals surface area (Å²) in [6, 6.07) is 9.30. The third-order valence-electron chi connectivity index (χ3n) is 4.01. The van der Waals surface area contributed by atoms with Crippen LogP contribution in [0.4, 0.5) is 0 Å². The molecule has 114 valence electrons. The van der Waals surface area contributed by atoms with E-state index in [-0.39, 0.29) is 5.75 Å². The lowest BCUT2D eigenvalue weighted by Crippen LogP contribution is -1.84. The summed E-state index contributed by atoms with van der Waals surface area (Å²) in [7, 11) is 1.91. The lowest BCUT2D eigenvalue weighted by molar-refractivity contribution is 0.475. The molecule has 0 radical (unpaired) electrons. The maximum atomic E-state index is 9.69. The number of benzene rings is 1. The largest absolute Gasteiger partial charge is 0.508 e. The van der Waals surface area contributed by atoms with Crippen LogP contribution < -0.4 is 0 Å². The minimum Gasteiger partial charge on any atom is -0.508 e. The average Bonchev–Trinajstić information content (AvgIpc) is 3.08. The molecule has 5 heteroatoms. The molecule has 0 spiro atoms. The molecule has 23 heavy (non-hydrogen) atoms. The van der Waals surface area contributed by atoms with Crippen LogP contribution in [0.5, 0.6) is 5.75 Å². The van der Waals surface area contributed by atoms with E-state index in [2.05, 4.69) is 21.1 Å². The number of aryl methyl sites for hydroxylation is 2. The molecule has 2 N–H and O–H groups in total. The summed E-state index contributed by atoms with van der Waals surface area (Å²) >= 11 is 0. The van der Waals surface area contributed by atoms with E-state index < -0.39 is 0 Å². The van der Waals surface area contributed by atoms with Gasteiger partial charge in [0, 0.05) is 47.2 Å². The van der Waals surface area contributed by atoms with Crippen molar-refractivity contribution in [1.29, 1.82) is 0 Å². The monoisotopic (exact) mass is 304 g/mol. The van der Waals surface area contributed by atoms with Gasteiger partial charge in [-0.25, -0.2) is 4.98 Å². The summed E-state index contributed by atoms with van der Waals surface area (Å²) in [5, 5.41) is 15.0. The van der Waals surface area contributed by atoms with Crippen molar-refractivity contribution in [2.24, 2.45) is 7.05 Å². The summed E-state index contributed by atoms with van der Waals surface area (Å²) < 4.78 is 1.79. The molecule has 0 aliphatic heterocycles. The number of fused-ring (bicyclic) bond motifs is 1. The van der Waals surface area contributed by atoms with Gasteiger partial charge in [0.25, 0.3) is 0 Å². The van der Waals surface area contributed by atoms with Crippen LogP contribution in [0.1, 0.15) is 5.69 Å². The van der Waals surface area contributed by atoms with Crippen LogP contribution in [0.3, 0.4) is 0 Å². The van der Waals surface area contributed by atoms with Crippen LogP contribution in [0.25, 0.3) is 33.3 Å². The quantitative estimate of drug-likeness (QED) is 0.594. The fourth-order valence-electron chi connectivity index (χ4n) is 2.96. The number of pyridine rings is 1. The second kappa shape index (κ2) is 4.98. The molecule has 1 aromatic carbocycles. The van der Waals surface area contributed by atoms with Crippen molar-refractivity contribution >= 4 is 11.0 Å². The maximum Gasteiger partial charge on any atom is 0.138 e. The third kappa shape index (κ3) is 2.26. The number of nitrogens with zero attached hydrogens (tertiary/aromatic N) is 3. The standard InChI is InChI=1S/C18H16N4O/c1-11-17(14-9-20-22(2)10-14)16-7-13(8-19-18(16)21-11)12-4-3-5-15(23)6-12/h3-10,23H,1-2H3,(H,19,21). The van der Waals surface area contributed by atoms with Gasteiger partial charge in [-0.15, -0.1) is 0 Å². The lowest BCUT2D eigenvalue weighted by atomic mass is 10.0. The van der Waals surface area contributed by atoms with Gasteiger partial charge in [-0.05, 0) is 30.7 Å². The van der Waals surface area contributed by atoms with E-state index in [0.29, 0.717) is 0 Å².